The van der Waals surface area contributed by atoms with Gasteiger partial charge in [0.25, 0.3) is 0 Å². The maximum absolute atomic E-state index is 12.1. The maximum atomic E-state index is 12.1. The molecule has 5 heteroatoms. The predicted octanol–water partition coefficient (Wildman–Crippen LogP) is 0.720. The molecule has 96 valence electrons. The quantitative estimate of drug-likeness (QED) is 0.850. The number of aromatic nitrogens is 2. The fourth-order valence-corrected chi connectivity index (χ4v) is 2.48. The van der Waals surface area contributed by atoms with Crippen LogP contribution in [0, 0.1) is 0 Å². The summed E-state index contributed by atoms with van der Waals surface area (Å²) in [6, 6.07) is 0.478. The van der Waals surface area contributed by atoms with E-state index in [1.807, 2.05) is 12.4 Å². The van der Waals surface area contributed by atoms with Crippen LogP contribution in [0.4, 0.5) is 0 Å². The van der Waals surface area contributed by atoms with Gasteiger partial charge in [-0.25, -0.2) is 9.97 Å². The van der Waals surface area contributed by atoms with Gasteiger partial charge in [-0.05, 0) is 32.2 Å². The predicted molar refractivity (Wildman–Crippen MR) is 66.6 cm³/mol. The first-order chi connectivity index (χ1) is 8.83. The molecule has 1 aromatic rings. The fraction of sp³-hybridized carbons (Fsp3) is 0.615. The summed E-state index contributed by atoms with van der Waals surface area (Å²) in [6.45, 7) is 1.75. The minimum absolute atomic E-state index is 0.0332. The zero-order valence-corrected chi connectivity index (χ0v) is 10.4. The number of carbonyl (C=O) groups is 1. The number of rotatable bonds is 4. The van der Waals surface area contributed by atoms with E-state index in [-0.39, 0.29) is 11.9 Å². The Balaban J connectivity index is 1.61. The fourth-order valence-electron chi connectivity index (χ4n) is 2.48. The Bertz CT molecular complexity index is 418. The molecule has 1 atom stereocenters. The van der Waals surface area contributed by atoms with Crippen LogP contribution in [-0.2, 0) is 11.3 Å². The van der Waals surface area contributed by atoms with Crippen molar-refractivity contribution in [3.8, 4) is 0 Å². The van der Waals surface area contributed by atoms with Gasteiger partial charge in [-0.2, -0.15) is 0 Å². The monoisotopic (exact) mass is 246 g/mol. The van der Waals surface area contributed by atoms with E-state index in [4.69, 9.17) is 0 Å². The number of carbonyl (C=O) groups excluding carboxylic acids is 1. The standard InChI is InChI=1S/C13H18N4O/c18-13(16-11-3-4-11)12-2-1-5-17(12)8-10-6-14-9-15-7-10/h6-7,9,11-12H,1-5,8H2,(H,16,18). The zero-order chi connectivity index (χ0) is 12.4. The van der Waals surface area contributed by atoms with Crippen LogP contribution >= 0.6 is 0 Å². The number of nitrogens with one attached hydrogen (secondary N) is 1. The molecule has 1 amide bonds. The molecule has 5 nitrogen and oxygen atoms in total. The summed E-state index contributed by atoms with van der Waals surface area (Å²) in [7, 11) is 0. The van der Waals surface area contributed by atoms with Crippen molar-refractivity contribution in [2.75, 3.05) is 6.54 Å². The van der Waals surface area contributed by atoms with Crippen LogP contribution in [-0.4, -0.2) is 39.4 Å². The van der Waals surface area contributed by atoms with Crippen molar-refractivity contribution in [3.05, 3.63) is 24.3 Å². The number of hydrogen-bond donors (Lipinski definition) is 1. The summed E-state index contributed by atoms with van der Waals surface area (Å²) in [5, 5.41) is 3.10. The lowest BCUT2D eigenvalue weighted by Gasteiger charge is -2.23. The van der Waals surface area contributed by atoms with E-state index < -0.39 is 0 Å². The third-order valence-electron chi connectivity index (χ3n) is 3.59. The van der Waals surface area contributed by atoms with Crippen LogP contribution in [0.3, 0.4) is 0 Å². The molecule has 0 bridgehead atoms. The highest BCUT2D eigenvalue weighted by Gasteiger charge is 2.33. The Morgan fingerprint density at radius 2 is 2.11 bits per heavy atom. The van der Waals surface area contributed by atoms with Crippen molar-refractivity contribution < 1.29 is 4.79 Å². The van der Waals surface area contributed by atoms with Crippen LogP contribution < -0.4 is 5.32 Å². The average Bonchev–Trinajstić information content (AvgIpc) is 3.07. The lowest BCUT2D eigenvalue weighted by molar-refractivity contribution is -0.125. The maximum Gasteiger partial charge on any atom is 0.237 e. The molecule has 0 radical (unpaired) electrons. The first kappa shape index (κ1) is 11.6. The molecule has 3 rings (SSSR count). The molecule has 1 aliphatic heterocycles. The van der Waals surface area contributed by atoms with E-state index in [0.29, 0.717) is 6.04 Å². The van der Waals surface area contributed by atoms with E-state index in [1.54, 1.807) is 0 Å². The molecule has 0 aromatic carbocycles. The second kappa shape index (κ2) is 5.02. The van der Waals surface area contributed by atoms with Crippen molar-refractivity contribution in [1.82, 2.24) is 20.2 Å². The zero-order valence-electron chi connectivity index (χ0n) is 10.4. The van der Waals surface area contributed by atoms with Crippen LogP contribution in [0.2, 0.25) is 0 Å². The summed E-state index contributed by atoms with van der Waals surface area (Å²) in [5.74, 6) is 0.201. The summed E-state index contributed by atoms with van der Waals surface area (Å²) in [4.78, 5) is 22.4. The van der Waals surface area contributed by atoms with Crippen molar-refractivity contribution in [2.45, 2.75) is 44.3 Å². The molecule has 0 spiro atoms. The lowest BCUT2D eigenvalue weighted by atomic mass is 10.2. The number of likely N-dealkylation sites (tertiary alicyclic amines) is 1. The minimum atomic E-state index is 0.0332. The van der Waals surface area contributed by atoms with E-state index in [9.17, 15) is 4.79 Å². The van der Waals surface area contributed by atoms with Gasteiger partial charge in [-0.15, -0.1) is 0 Å². The third kappa shape index (κ3) is 2.67. The smallest absolute Gasteiger partial charge is 0.237 e. The van der Waals surface area contributed by atoms with Crippen molar-refractivity contribution >= 4 is 5.91 Å². The summed E-state index contributed by atoms with van der Waals surface area (Å²) >= 11 is 0. The Kier molecular flexibility index (Phi) is 3.23. The van der Waals surface area contributed by atoms with Gasteiger partial charge in [0.05, 0.1) is 6.04 Å². The minimum Gasteiger partial charge on any atom is -0.352 e. The molecule has 1 N–H and O–H groups in total. The van der Waals surface area contributed by atoms with Gasteiger partial charge in [-0.3, -0.25) is 9.69 Å². The number of nitrogens with zero attached hydrogens (tertiary/aromatic N) is 3. The van der Waals surface area contributed by atoms with Gasteiger partial charge in [0.1, 0.15) is 6.33 Å². The second-order valence-corrected chi connectivity index (χ2v) is 5.16. The molecule has 18 heavy (non-hydrogen) atoms. The molecule has 1 unspecified atom stereocenters. The topological polar surface area (TPSA) is 58.1 Å². The third-order valence-corrected chi connectivity index (χ3v) is 3.59. The highest BCUT2D eigenvalue weighted by atomic mass is 16.2. The van der Waals surface area contributed by atoms with Crippen LogP contribution in [0.25, 0.3) is 0 Å². The molecule has 1 saturated heterocycles. The second-order valence-electron chi connectivity index (χ2n) is 5.16. The molecule has 2 fully saturated rings. The van der Waals surface area contributed by atoms with Gasteiger partial charge in [0, 0.05) is 30.5 Å². The Morgan fingerprint density at radius 1 is 1.33 bits per heavy atom. The molecule has 2 aliphatic rings. The normalized spacial score (nSPS) is 24.1. The van der Waals surface area contributed by atoms with E-state index in [2.05, 4.69) is 20.2 Å². The van der Waals surface area contributed by atoms with Crippen LogP contribution in [0.5, 0.6) is 0 Å². The van der Waals surface area contributed by atoms with Gasteiger partial charge < -0.3 is 5.32 Å². The van der Waals surface area contributed by atoms with E-state index in [0.717, 1.165) is 44.3 Å². The van der Waals surface area contributed by atoms with Crippen LogP contribution in [0.1, 0.15) is 31.2 Å². The lowest BCUT2D eigenvalue weighted by Crippen LogP contribution is -2.43. The number of hydrogen-bond acceptors (Lipinski definition) is 4. The molecule has 1 saturated carbocycles. The highest BCUT2D eigenvalue weighted by molar-refractivity contribution is 5.82. The van der Waals surface area contributed by atoms with Crippen molar-refractivity contribution in [1.29, 1.82) is 0 Å². The van der Waals surface area contributed by atoms with Gasteiger partial charge in [0.15, 0.2) is 0 Å². The first-order valence-electron chi connectivity index (χ1n) is 6.61. The Morgan fingerprint density at radius 3 is 2.83 bits per heavy atom. The van der Waals surface area contributed by atoms with Crippen molar-refractivity contribution in [2.24, 2.45) is 0 Å². The Hall–Kier alpha value is -1.49. The molecule has 1 aliphatic carbocycles. The average molecular weight is 246 g/mol. The number of amides is 1. The Labute approximate surface area is 107 Å². The van der Waals surface area contributed by atoms with Gasteiger partial charge in [-0.1, -0.05) is 0 Å². The molecule has 2 heterocycles. The summed E-state index contributed by atoms with van der Waals surface area (Å²) in [5.41, 5.74) is 1.07. The SMILES string of the molecule is O=C(NC1CC1)C1CCCN1Cc1cncnc1. The highest BCUT2D eigenvalue weighted by Crippen LogP contribution is 2.23. The summed E-state index contributed by atoms with van der Waals surface area (Å²) in [6.07, 6.45) is 9.52. The van der Waals surface area contributed by atoms with Crippen LogP contribution in [0.15, 0.2) is 18.7 Å². The van der Waals surface area contributed by atoms with Crippen molar-refractivity contribution in [3.63, 3.8) is 0 Å². The van der Waals surface area contributed by atoms with E-state index in [1.165, 1.54) is 6.33 Å². The molecular weight excluding hydrogens is 228 g/mol. The molecule has 1 aromatic heterocycles. The van der Waals surface area contributed by atoms with E-state index >= 15 is 0 Å². The van der Waals surface area contributed by atoms with Gasteiger partial charge >= 0.3 is 0 Å². The summed E-state index contributed by atoms with van der Waals surface area (Å²) < 4.78 is 0. The largest absolute Gasteiger partial charge is 0.352 e. The first-order valence-corrected chi connectivity index (χ1v) is 6.61. The molecular formula is C13H18N4O. The van der Waals surface area contributed by atoms with Gasteiger partial charge in [0.2, 0.25) is 5.91 Å².